The number of nitrogens with zero attached hydrogens (tertiary/aromatic N) is 1. The number of piperidine rings is 1. The molecule has 1 aliphatic carbocycles. The second kappa shape index (κ2) is 9.82. The minimum absolute atomic E-state index is 0. The van der Waals surface area contributed by atoms with Crippen molar-refractivity contribution in [3.05, 3.63) is 0 Å². The van der Waals surface area contributed by atoms with Crippen LogP contribution in [0.3, 0.4) is 0 Å². The Hall–Kier alpha value is -0.0300. The molecule has 0 atom stereocenters. The molecule has 2 aliphatic rings. The number of halogens is 2. The van der Waals surface area contributed by atoms with Crippen molar-refractivity contribution in [1.29, 1.82) is 0 Å². The fourth-order valence-electron chi connectivity index (χ4n) is 3.27. The van der Waals surface area contributed by atoms with Gasteiger partial charge in [-0.05, 0) is 38.8 Å². The van der Waals surface area contributed by atoms with Crippen LogP contribution in [0.5, 0.6) is 0 Å². The lowest BCUT2D eigenvalue weighted by molar-refractivity contribution is -0.130. The highest BCUT2D eigenvalue weighted by molar-refractivity contribution is 5.85. The van der Waals surface area contributed by atoms with Gasteiger partial charge in [-0.2, -0.15) is 0 Å². The van der Waals surface area contributed by atoms with E-state index in [9.17, 15) is 4.79 Å². The molecule has 0 radical (unpaired) electrons. The van der Waals surface area contributed by atoms with Gasteiger partial charge in [-0.1, -0.05) is 19.3 Å². The normalized spacial score (nSPS) is 21.6. The lowest BCUT2D eigenvalue weighted by atomic mass is 9.85. The van der Waals surface area contributed by atoms with Crippen LogP contribution < -0.4 is 11.1 Å². The molecule has 20 heavy (non-hydrogen) atoms. The molecule has 3 N–H and O–H groups in total. The molecule has 0 spiro atoms. The third-order valence-corrected chi connectivity index (χ3v) is 4.60. The van der Waals surface area contributed by atoms with Crippen molar-refractivity contribution in [2.75, 3.05) is 32.7 Å². The minimum Gasteiger partial charge on any atom is -0.354 e. The van der Waals surface area contributed by atoms with Gasteiger partial charge in [0.15, 0.2) is 0 Å². The molecule has 0 aromatic heterocycles. The fraction of sp³-hybridized carbons (Fsp3) is 0.929. The molecule has 120 valence electrons. The van der Waals surface area contributed by atoms with Gasteiger partial charge in [0.25, 0.3) is 0 Å². The van der Waals surface area contributed by atoms with Crippen LogP contribution in [0.1, 0.15) is 44.9 Å². The van der Waals surface area contributed by atoms with Crippen LogP contribution in [0.25, 0.3) is 0 Å². The average Bonchev–Trinajstić information content (AvgIpc) is 2.90. The van der Waals surface area contributed by atoms with E-state index in [2.05, 4.69) is 10.2 Å². The highest BCUT2D eigenvalue weighted by Crippen LogP contribution is 2.37. The summed E-state index contributed by atoms with van der Waals surface area (Å²) in [6.45, 7) is 4.66. The maximum absolute atomic E-state index is 12.2. The van der Waals surface area contributed by atoms with Crippen LogP contribution in [0.2, 0.25) is 0 Å². The number of carbonyl (C=O) groups excluding carboxylic acids is 1. The first-order chi connectivity index (χ1) is 8.77. The number of hydrogen-bond acceptors (Lipinski definition) is 3. The Morgan fingerprint density at radius 3 is 2.20 bits per heavy atom. The summed E-state index contributed by atoms with van der Waals surface area (Å²) in [7, 11) is 0. The molecule has 1 saturated carbocycles. The summed E-state index contributed by atoms with van der Waals surface area (Å²) < 4.78 is 0. The zero-order valence-corrected chi connectivity index (χ0v) is 13.9. The largest absolute Gasteiger partial charge is 0.354 e. The summed E-state index contributed by atoms with van der Waals surface area (Å²) in [6.07, 6.45) is 8.21. The Kier molecular flexibility index (Phi) is 9.81. The van der Waals surface area contributed by atoms with Gasteiger partial charge in [-0.15, -0.1) is 24.8 Å². The SMILES string of the molecule is Cl.Cl.NCC1(C(=O)NCCN2CCCCC2)CCCC1. The first-order valence-corrected chi connectivity index (χ1v) is 7.48. The summed E-state index contributed by atoms with van der Waals surface area (Å²) in [5, 5.41) is 3.10. The highest BCUT2D eigenvalue weighted by Gasteiger charge is 2.39. The van der Waals surface area contributed by atoms with E-state index in [0.29, 0.717) is 6.54 Å². The Morgan fingerprint density at radius 1 is 1.05 bits per heavy atom. The molecule has 6 heteroatoms. The number of hydrogen-bond donors (Lipinski definition) is 2. The Balaban J connectivity index is 0.00000180. The topological polar surface area (TPSA) is 58.4 Å². The van der Waals surface area contributed by atoms with Crippen molar-refractivity contribution in [3.8, 4) is 0 Å². The van der Waals surface area contributed by atoms with Gasteiger partial charge in [0, 0.05) is 19.6 Å². The maximum atomic E-state index is 12.2. The van der Waals surface area contributed by atoms with Gasteiger partial charge in [0.2, 0.25) is 5.91 Å². The highest BCUT2D eigenvalue weighted by atomic mass is 35.5. The number of carbonyl (C=O) groups is 1. The number of amides is 1. The van der Waals surface area contributed by atoms with E-state index in [1.54, 1.807) is 0 Å². The lowest BCUT2D eigenvalue weighted by Gasteiger charge is -2.29. The van der Waals surface area contributed by atoms with Crippen molar-refractivity contribution in [2.45, 2.75) is 44.9 Å². The smallest absolute Gasteiger partial charge is 0.227 e. The number of nitrogens with two attached hydrogens (primary N) is 1. The number of rotatable bonds is 5. The van der Waals surface area contributed by atoms with Gasteiger partial charge in [-0.25, -0.2) is 0 Å². The van der Waals surface area contributed by atoms with E-state index in [4.69, 9.17) is 5.73 Å². The van der Waals surface area contributed by atoms with Crippen molar-refractivity contribution < 1.29 is 4.79 Å². The van der Waals surface area contributed by atoms with Gasteiger partial charge in [0.1, 0.15) is 0 Å². The van der Waals surface area contributed by atoms with Crippen LogP contribution in [0.15, 0.2) is 0 Å². The average molecular weight is 326 g/mol. The Labute approximate surface area is 135 Å². The van der Waals surface area contributed by atoms with E-state index in [-0.39, 0.29) is 36.1 Å². The van der Waals surface area contributed by atoms with Gasteiger partial charge < -0.3 is 16.0 Å². The second-order valence-electron chi connectivity index (χ2n) is 5.85. The van der Waals surface area contributed by atoms with Crippen LogP contribution in [-0.2, 0) is 4.79 Å². The van der Waals surface area contributed by atoms with Crippen LogP contribution >= 0.6 is 24.8 Å². The van der Waals surface area contributed by atoms with Crippen molar-refractivity contribution in [3.63, 3.8) is 0 Å². The second-order valence-corrected chi connectivity index (χ2v) is 5.85. The molecule has 1 aliphatic heterocycles. The van der Waals surface area contributed by atoms with Crippen LogP contribution in [0.4, 0.5) is 0 Å². The zero-order chi connectivity index (χ0) is 12.8. The van der Waals surface area contributed by atoms with Crippen LogP contribution in [0, 0.1) is 5.41 Å². The van der Waals surface area contributed by atoms with Gasteiger partial charge >= 0.3 is 0 Å². The molecule has 0 bridgehead atoms. The summed E-state index contributed by atoms with van der Waals surface area (Å²) in [4.78, 5) is 14.7. The lowest BCUT2D eigenvalue weighted by Crippen LogP contribution is -2.46. The number of nitrogens with one attached hydrogen (secondary N) is 1. The van der Waals surface area contributed by atoms with Gasteiger partial charge in [0.05, 0.1) is 5.41 Å². The first kappa shape index (κ1) is 20.0. The molecule has 4 nitrogen and oxygen atoms in total. The van der Waals surface area contributed by atoms with Gasteiger partial charge in [-0.3, -0.25) is 4.79 Å². The minimum atomic E-state index is -0.248. The zero-order valence-electron chi connectivity index (χ0n) is 12.2. The Bertz CT molecular complexity index is 278. The quantitative estimate of drug-likeness (QED) is 0.812. The molecule has 1 amide bonds. The summed E-state index contributed by atoms with van der Waals surface area (Å²) in [5.41, 5.74) is 5.56. The summed E-state index contributed by atoms with van der Waals surface area (Å²) >= 11 is 0. The van der Waals surface area contributed by atoms with Crippen molar-refractivity contribution in [2.24, 2.45) is 11.1 Å². The predicted octanol–water partition coefficient (Wildman–Crippen LogP) is 1.95. The first-order valence-electron chi connectivity index (χ1n) is 7.48. The monoisotopic (exact) mass is 325 g/mol. The predicted molar refractivity (Wildman–Crippen MR) is 87.8 cm³/mol. The molecule has 2 fully saturated rings. The third-order valence-electron chi connectivity index (χ3n) is 4.60. The molecule has 0 unspecified atom stereocenters. The fourth-order valence-corrected chi connectivity index (χ4v) is 3.27. The third kappa shape index (κ3) is 5.06. The van der Waals surface area contributed by atoms with E-state index in [1.165, 1.54) is 32.4 Å². The molecule has 2 rings (SSSR count). The Morgan fingerprint density at radius 2 is 1.65 bits per heavy atom. The standard InChI is InChI=1S/C14H27N3O.2ClH/c15-12-14(6-2-3-7-14)13(18)16-8-11-17-9-4-1-5-10-17;;/h1-12,15H2,(H,16,18);2*1H. The molecule has 0 aromatic rings. The molecule has 1 heterocycles. The van der Waals surface area contributed by atoms with E-state index >= 15 is 0 Å². The number of likely N-dealkylation sites (tertiary alicyclic amines) is 1. The van der Waals surface area contributed by atoms with E-state index < -0.39 is 0 Å². The summed E-state index contributed by atoms with van der Waals surface area (Å²) in [6, 6.07) is 0. The maximum Gasteiger partial charge on any atom is 0.227 e. The van der Waals surface area contributed by atoms with Crippen LogP contribution in [-0.4, -0.2) is 43.5 Å². The van der Waals surface area contributed by atoms with Crippen molar-refractivity contribution in [1.82, 2.24) is 10.2 Å². The summed E-state index contributed by atoms with van der Waals surface area (Å²) in [5.74, 6) is 0.194. The molecule has 1 saturated heterocycles. The molecular formula is C14H29Cl2N3O. The molecular weight excluding hydrogens is 297 g/mol. The van der Waals surface area contributed by atoms with Crippen molar-refractivity contribution >= 4 is 30.7 Å². The molecule has 0 aromatic carbocycles. The van der Waals surface area contributed by atoms with E-state index in [1.807, 2.05) is 0 Å². The van der Waals surface area contributed by atoms with E-state index in [0.717, 1.165) is 38.8 Å².